The van der Waals surface area contributed by atoms with Gasteiger partial charge in [0.15, 0.2) is 0 Å². The number of likely N-dealkylation sites (tertiary alicyclic amines) is 1. The van der Waals surface area contributed by atoms with Crippen molar-refractivity contribution in [2.24, 2.45) is 0 Å². The maximum Gasteiger partial charge on any atom is 0.328 e. The van der Waals surface area contributed by atoms with Gasteiger partial charge in [0, 0.05) is 37.3 Å². The molecule has 0 unspecified atom stereocenters. The largest absolute Gasteiger partial charge is 0.351 e. The summed E-state index contributed by atoms with van der Waals surface area (Å²) in [6, 6.07) is 5.95. The molecular weight excluding hydrogens is 380 g/mol. The summed E-state index contributed by atoms with van der Waals surface area (Å²) in [6.45, 7) is 8.36. The molecule has 1 saturated heterocycles. The summed E-state index contributed by atoms with van der Waals surface area (Å²) in [5.41, 5.74) is 0.128. The summed E-state index contributed by atoms with van der Waals surface area (Å²) in [5.74, 6) is -0.192. The Balaban J connectivity index is 1.69. The standard InChI is InChI=1S/C23H34N4O3/c1-4-5-6-13-27-22(29)19-11-10-18(15-20(19)25-23(27)30)21(28)24-12-14-26-16(2)8-7-9-17(26)3/h10-11,15-17H,4-9,12-14H2,1-3H3,(H,24,28)(H,25,30)/t16-,17+. The van der Waals surface area contributed by atoms with Gasteiger partial charge < -0.3 is 10.3 Å². The number of aromatic nitrogens is 2. The van der Waals surface area contributed by atoms with E-state index in [4.69, 9.17) is 0 Å². The number of nitrogens with zero attached hydrogens (tertiary/aromatic N) is 2. The smallest absolute Gasteiger partial charge is 0.328 e. The number of aromatic amines is 1. The molecule has 0 saturated carbocycles. The van der Waals surface area contributed by atoms with E-state index in [9.17, 15) is 14.4 Å². The van der Waals surface area contributed by atoms with E-state index in [-0.39, 0.29) is 11.5 Å². The predicted molar refractivity (Wildman–Crippen MR) is 120 cm³/mol. The van der Waals surface area contributed by atoms with Crippen LogP contribution in [0, 0.1) is 0 Å². The number of fused-ring (bicyclic) bond motifs is 1. The van der Waals surface area contributed by atoms with Crippen molar-refractivity contribution in [1.82, 2.24) is 19.8 Å². The molecule has 2 heterocycles. The van der Waals surface area contributed by atoms with Gasteiger partial charge in [-0.05, 0) is 51.3 Å². The molecule has 1 aromatic carbocycles. The van der Waals surface area contributed by atoms with Crippen LogP contribution in [0.25, 0.3) is 10.9 Å². The van der Waals surface area contributed by atoms with Crippen LogP contribution >= 0.6 is 0 Å². The van der Waals surface area contributed by atoms with E-state index in [2.05, 4.69) is 36.0 Å². The van der Waals surface area contributed by atoms with Crippen LogP contribution in [0.3, 0.4) is 0 Å². The number of amides is 1. The van der Waals surface area contributed by atoms with Crippen molar-refractivity contribution in [2.45, 2.75) is 77.9 Å². The van der Waals surface area contributed by atoms with Crippen LogP contribution in [-0.4, -0.2) is 45.5 Å². The van der Waals surface area contributed by atoms with Crippen LogP contribution < -0.4 is 16.6 Å². The maximum absolute atomic E-state index is 12.7. The van der Waals surface area contributed by atoms with Crippen LogP contribution in [0.4, 0.5) is 0 Å². The van der Waals surface area contributed by atoms with Crippen molar-refractivity contribution >= 4 is 16.8 Å². The third-order valence-corrected chi connectivity index (χ3v) is 6.26. The first-order valence-corrected chi connectivity index (χ1v) is 11.2. The number of carbonyl (C=O) groups excluding carboxylic acids is 1. The lowest BCUT2D eigenvalue weighted by Gasteiger charge is -2.39. The molecule has 2 aromatic rings. The highest BCUT2D eigenvalue weighted by atomic mass is 16.2. The number of carbonyl (C=O) groups is 1. The zero-order valence-electron chi connectivity index (χ0n) is 18.4. The minimum atomic E-state index is -0.422. The fourth-order valence-corrected chi connectivity index (χ4v) is 4.43. The predicted octanol–water partition coefficient (Wildman–Crippen LogP) is 2.87. The molecule has 0 bridgehead atoms. The van der Waals surface area contributed by atoms with Crippen LogP contribution in [0.5, 0.6) is 0 Å². The van der Waals surface area contributed by atoms with Crippen molar-refractivity contribution in [2.75, 3.05) is 13.1 Å². The normalized spacial score (nSPS) is 19.8. The van der Waals surface area contributed by atoms with Gasteiger partial charge in [-0.25, -0.2) is 4.79 Å². The van der Waals surface area contributed by atoms with Crippen LogP contribution in [-0.2, 0) is 6.54 Å². The number of piperidine rings is 1. The highest BCUT2D eigenvalue weighted by molar-refractivity contribution is 5.97. The molecule has 164 valence electrons. The number of hydrogen-bond donors (Lipinski definition) is 2. The van der Waals surface area contributed by atoms with Gasteiger partial charge in [-0.15, -0.1) is 0 Å². The second kappa shape index (κ2) is 10.1. The van der Waals surface area contributed by atoms with E-state index in [0.29, 0.717) is 41.6 Å². The third-order valence-electron chi connectivity index (χ3n) is 6.26. The number of benzene rings is 1. The molecule has 7 nitrogen and oxygen atoms in total. The molecule has 0 aliphatic carbocycles. The van der Waals surface area contributed by atoms with Crippen molar-refractivity contribution in [3.8, 4) is 0 Å². The molecule has 1 fully saturated rings. The van der Waals surface area contributed by atoms with Gasteiger partial charge in [0.2, 0.25) is 0 Å². The second-order valence-electron chi connectivity index (χ2n) is 8.48. The first-order chi connectivity index (χ1) is 14.4. The molecule has 1 aliphatic rings. The van der Waals surface area contributed by atoms with E-state index in [1.54, 1.807) is 18.2 Å². The highest BCUT2D eigenvalue weighted by Gasteiger charge is 2.24. The van der Waals surface area contributed by atoms with Crippen molar-refractivity contribution in [3.05, 3.63) is 44.6 Å². The van der Waals surface area contributed by atoms with E-state index in [1.807, 2.05) is 0 Å². The first kappa shape index (κ1) is 22.3. The zero-order valence-corrected chi connectivity index (χ0v) is 18.4. The molecular formula is C23H34N4O3. The number of rotatable bonds is 8. The van der Waals surface area contributed by atoms with E-state index in [1.165, 1.54) is 23.8 Å². The molecule has 30 heavy (non-hydrogen) atoms. The summed E-state index contributed by atoms with van der Waals surface area (Å²) >= 11 is 0. The molecule has 1 aromatic heterocycles. The molecule has 2 N–H and O–H groups in total. The fraction of sp³-hybridized carbons (Fsp3) is 0.609. The molecule has 0 spiro atoms. The first-order valence-electron chi connectivity index (χ1n) is 11.2. The summed E-state index contributed by atoms with van der Waals surface area (Å²) in [6.07, 6.45) is 6.45. The Hall–Kier alpha value is -2.41. The van der Waals surface area contributed by atoms with Gasteiger partial charge >= 0.3 is 5.69 Å². The number of H-pyrrole nitrogens is 1. The Kier molecular flexibility index (Phi) is 7.48. The average Bonchev–Trinajstić information content (AvgIpc) is 2.72. The lowest BCUT2D eigenvalue weighted by molar-refractivity contribution is 0.0889. The van der Waals surface area contributed by atoms with Crippen molar-refractivity contribution in [1.29, 1.82) is 0 Å². The maximum atomic E-state index is 12.7. The topological polar surface area (TPSA) is 87.2 Å². The molecule has 1 aliphatic heterocycles. The Morgan fingerprint density at radius 1 is 1.13 bits per heavy atom. The molecule has 0 radical (unpaired) electrons. The Bertz CT molecular complexity index is 984. The van der Waals surface area contributed by atoms with Crippen LogP contribution in [0.1, 0.15) is 69.7 Å². The van der Waals surface area contributed by atoms with Gasteiger partial charge in [0.1, 0.15) is 0 Å². The third kappa shape index (κ3) is 5.01. The van der Waals surface area contributed by atoms with E-state index in [0.717, 1.165) is 25.8 Å². The zero-order chi connectivity index (χ0) is 21.7. The SMILES string of the molecule is CCCCCn1c(=O)[nH]c2cc(C(=O)NCCN3[C@H](C)CCC[C@@H]3C)ccc2c1=O. The summed E-state index contributed by atoms with van der Waals surface area (Å²) in [7, 11) is 0. The minimum Gasteiger partial charge on any atom is -0.351 e. The Morgan fingerprint density at radius 3 is 2.57 bits per heavy atom. The highest BCUT2D eigenvalue weighted by Crippen LogP contribution is 2.21. The summed E-state index contributed by atoms with van der Waals surface area (Å²) < 4.78 is 1.25. The number of nitrogens with one attached hydrogen (secondary N) is 2. The van der Waals surface area contributed by atoms with Crippen molar-refractivity contribution in [3.63, 3.8) is 0 Å². The number of unbranched alkanes of at least 4 members (excludes halogenated alkanes) is 2. The average molecular weight is 415 g/mol. The van der Waals surface area contributed by atoms with Gasteiger partial charge in [-0.2, -0.15) is 0 Å². The Labute approximate surface area is 177 Å². The second-order valence-corrected chi connectivity index (χ2v) is 8.48. The Morgan fingerprint density at radius 2 is 1.87 bits per heavy atom. The minimum absolute atomic E-state index is 0.192. The number of hydrogen-bond acceptors (Lipinski definition) is 4. The summed E-state index contributed by atoms with van der Waals surface area (Å²) in [4.78, 5) is 42.8. The van der Waals surface area contributed by atoms with Gasteiger partial charge in [-0.3, -0.25) is 19.1 Å². The lowest BCUT2D eigenvalue weighted by atomic mass is 9.98. The van der Waals surface area contributed by atoms with E-state index >= 15 is 0 Å². The van der Waals surface area contributed by atoms with Crippen molar-refractivity contribution < 1.29 is 4.79 Å². The quantitative estimate of drug-likeness (QED) is 0.650. The lowest BCUT2D eigenvalue weighted by Crippen LogP contribution is -2.47. The van der Waals surface area contributed by atoms with Gasteiger partial charge in [0.05, 0.1) is 10.9 Å². The monoisotopic (exact) mass is 414 g/mol. The summed E-state index contributed by atoms with van der Waals surface area (Å²) in [5, 5.41) is 3.40. The molecule has 7 heteroatoms. The molecule has 1 amide bonds. The fourth-order valence-electron chi connectivity index (χ4n) is 4.43. The van der Waals surface area contributed by atoms with Crippen LogP contribution in [0.2, 0.25) is 0 Å². The van der Waals surface area contributed by atoms with Crippen LogP contribution in [0.15, 0.2) is 27.8 Å². The molecule has 3 rings (SSSR count). The molecule has 2 atom stereocenters. The van der Waals surface area contributed by atoms with Gasteiger partial charge in [0.25, 0.3) is 11.5 Å². The van der Waals surface area contributed by atoms with E-state index < -0.39 is 5.69 Å². The van der Waals surface area contributed by atoms with Gasteiger partial charge in [-0.1, -0.05) is 26.2 Å².